The zero-order chi connectivity index (χ0) is 19.4. The molecule has 1 unspecified atom stereocenters. The van der Waals surface area contributed by atoms with Gasteiger partial charge in [-0.2, -0.15) is 0 Å². The quantitative estimate of drug-likeness (QED) is 0.562. The predicted octanol–water partition coefficient (Wildman–Crippen LogP) is 2.45. The Labute approximate surface area is 164 Å². The number of rotatable bonds is 6. The Kier molecular flexibility index (Phi) is 6.55. The molecule has 0 saturated carbocycles. The molecule has 1 amide bonds. The second kappa shape index (κ2) is 8.89. The van der Waals surface area contributed by atoms with E-state index in [-0.39, 0.29) is 16.7 Å². The van der Waals surface area contributed by atoms with Crippen molar-refractivity contribution >= 4 is 28.6 Å². The van der Waals surface area contributed by atoms with Gasteiger partial charge in [0.25, 0.3) is 5.56 Å². The lowest BCUT2D eigenvalue weighted by molar-refractivity contribution is -0.132. The van der Waals surface area contributed by atoms with Crippen LogP contribution in [0.15, 0.2) is 34.2 Å². The Morgan fingerprint density at radius 3 is 2.56 bits per heavy atom. The summed E-state index contributed by atoms with van der Waals surface area (Å²) < 4.78 is 1.71. The molecule has 2 aromatic rings. The molecule has 1 aliphatic heterocycles. The van der Waals surface area contributed by atoms with E-state index in [1.807, 2.05) is 43.0 Å². The molecule has 1 aromatic carbocycles. The highest BCUT2D eigenvalue weighted by Gasteiger charge is 2.26. The van der Waals surface area contributed by atoms with E-state index in [1.165, 1.54) is 11.8 Å². The second-order valence-electron chi connectivity index (χ2n) is 6.89. The highest BCUT2D eigenvalue weighted by molar-refractivity contribution is 8.00. The zero-order valence-electron chi connectivity index (χ0n) is 16.4. The van der Waals surface area contributed by atoms with Gasteiger partial charge in [0.1, 0.15) is 0 Å². The van der Waals surface area contributed by atoms with Gasteiger partial charge in [0.2, 0.25) is 5.91 Å². The van der Waals surface area contributed by atoms with Crippen molar-refractivity contribution in [3.8, 4) is 0 Å². The van der Waals surface area contributed by atoms with Crippen LogP contribution in [-0.4, -0.2) is 63.2 Å². The molecule has 0 radical (unpaired) electrons. The van der Waals surface area contributed by atoms with Gasteiger partial charge in [-0.05, 0) is 32.0 Å². The molecular formula is C20H28N4O2S. The van der Waals surface area contributed by atoms with Crippen LogP contribution in [0.1, 0.15) is 27.2 Å². The molecule has 7 heteroatoms. The smallest absolute Gasteiger partial charge is 0.262 e. The van der Waals surface area contributed by atoms with Crippen molar-refractivity contribution in [1.82, 2.24) is 19.4 Å². The number of piperazine rings is 1. The van der Waals surface area contributed by atoms with Crippen LogP contribution in [0.2, 0.25) is 0 Å². The summed E-state index contributed by atoms with van der Waals surface area (Å²) in [6.07, 6.45) is 0.842. The molecule has 6 nitrogen and oxygen atoms in total. The van der Waals surface area contributed by atoms with Gasteiger partial charge in [0, 0.05) is 32.7 Å². The van der Waals surface area contributed by atoms with Gasteiger partial charge in [-0.25, -0.2) is 4.98 Å². The van der Waals surface area contributed by atoms with Gasteiger partial charge in [-0.3, -0.25) is 14.2 Å². The highest BCUT2D eigenvalue weighted by Crippen LogP contribution is 2.24. The van der Waals surface area contributed by atoms with Crippen LogP contribution in [-0.2, 0) is 11.3 Å². The molecule has 0 spiro atoms. The van der Waals surface area contributed by atoms with Gasteiger partial charge >= 0.3 is 0 Å². The minimum atomic E-state index is -0.269. The van der Waals surface area contributed by atoms with E-state index in [0.29, 0.717) is 22.6 Å². The lowest BCUT2D eigenvalue weighted by atomic mass is 10.2. The van der Waals surface area contributed by atoms with Crippen molar-refractivity contribution in [3.05, 3.63) is 34.6 Å². The van der Waals surface area contributed by atoms with Crippen LogP contribution in [0.3, 0.4) is 0 Å². The van der Waals surface area contributed by atoms with Gasteiger partial charge in [0.15, 0.2) is 5.16 Å². The second-order valence-corrected chi connectivity index (χ2v) is 8.20. The first kappa shape index (κ1) is 19.9. The maximum atomic E-state index is 12.9. The number of carbonyl (C=O) groups is 1. The fourth-order valence-corrected chi connectivity index (χ4v) is 4.43. The third kappa shape index (κ3) is 4.35. The van der Waals surface area contributed by atoms with Crippen molar-refractivity contribution in [2.45, 2.75) is 44.1 Å². The number of hydrogen-bond donors (Lipinski definition) is 0. The van der Waals surface area contributed by atoms with Crippen LogP contribution in [0.25, 0.3) is 10.9 Å². The van der Waals surface area contributed by atoms with E-state index in [4.69, 9.17) is 4.98 Å². The van der Waals surface area contributed by atoms with Crippen LogP contribution in [0.4, 0.5) is 0 Å². The summed E-state index contributed by atoms with van der Waals surface area (Å²) >= 11 is 1.39. The van der Waals surface area contributed by atoms with E-state index in [1.54, 1.807) is 4.57 Å². The number of fused-ring (bicyclic) bond motifs is 1. The van der Waals surface area contributed by atoms with Gasteiger partial charge in [-0.15, -0.1) is 0 Å². The Hall–Kier alpha value is -1.86. The largest absolute Gasteiger partial charge is 0.339 e. The van der Waals surface area contributed by atoms with E-state index >= 15 is 0 Å². The standard InChI is InChI=1S/C20H28N4O2S/c1-4-10-24-19(26)16-8-6-7-9-17(16)21-20(24)27-15(3)18(25)23-13-11-22(5-2)12-14-23/h6-9,15H,4-5,10-14H2,1-3H3. The molecule has 1 fully saturated rings. The van der Waals surface area contributed by atoms with E-state index in [9.17, 15) is 9.59 Å². The van der Waals surface area contributed by atoms with Crippen molar-refractivity contribution in [2.75, 3.05) is 32.7 Å². The number of carbonyl (C=O) groups excluding carboxylic acids is 1. The van der Waals surface area contributed by atoms with Crippen molar-refractivity contribution in [3.63, 3.8) is 0 Å². The summed E-state index contributed by atoms with van der Waals surface area (Å²) in [6, 6.07) is 7.41. The summed E-state index contributed by atoms with van der Waals surface area (Å²) in [5.74, 6) is 0.126. The molecular weight excluding hydrogens is 360 g/mol. The number of para-hydroxylation sites is 1. The molecule has 0 aliphatic carbocycles. The van der Waals surface area contributed by atoms with Crippen LogP contribution in [0.5, 0.6) is 0 Å². The summed E-state index contributed by atoms with van der Waals surface area (Å²) in [5.41, 5.74) is 0.662. The maximum absolute atomic E-state index is 12.9. The molecule has 1 aliphatic rings. The Balaban J connectivity index is 1.81. The third-order valence-electron chi connectivity index (χ3n) is 5.03. The first-order valence-electron chi connectivity index (χ1n) is 9.72. The van der Waals surface area contributed by atoms with Crippen LogP contribution in [0, 0.1) is 0 Å². The monoisotopic (exact) mass is 388 g/mol. The Morgan fingerprint density at radius 1 is 1.19 bits per heavy atom. The predicted molar refractivity (Wildman–Crippen MR) is 110 cm³/mol. The molecule has 1 atom stereocenters. The fourth-order valence-electron chi connectivity index (χ4n) is 3.41. The Morgan fingerprint density at radius 2 is 1.89 bits per heavy atom. The molecule has 27 heavy (non-hydrogen) atoms. The number of benzene rings is 1. The van der Waals surface area contributed by atoms with E-state index in [0.717, 1.165) is 39.1 Å². The minimum absolute atomic E-state index is 0.0267. The lowest BCUT2D eigenvalue weighted by Gasteiger charge is -2.35. The molecule has 0 bridgehead atoms. The summed E-state index contributed by atoms with van der Waals surface area (Å²) in [6.45, 7) is 11.1. The van der Waals surface area contributed by atoms with Crippen molar-refractivity contribution < 1.29 is 4.79 Å². The topological polar surface area (TPSA) is 58.4 Å². The first-order valence-corrected chi connectivity index (χ1v) is 10.6. The minimum Gasteiger partial charge on any atom is -0.339 e. The summed E-state index contributed by atoms with van der Waals surface area (Å²) in [5, 5.41) is 0.993. The average Bonchev–Trinajstić information content (AvgIpc) is 2.70. The number of amides is 1. The van der Waals surface area contributed by atoms with Crippen molar-refractivity contribution in [2.24, 2.45) is 0 Å². The molecule has 3 rings (SSSR count). The highest BCUT2D eigenvalue weighted by atomic mass is 32.2. The Bertz CT molecular complexity index is 859. The lowest BCUT2D eigenvalue weighted by Crippen LogP contribution is -2.50. The molecule has 0 N–H and O–H groups in total. The number of thioether (sulfide) groups is 1. The number of nitrogens with zero attached hydrogens (tertiary/aromatic N) is 4. The zero-order valence-corrected chi connectivity index (χ0v) is 17.2. The van der Waals surface area contributed by atoms with Gasteiger partial charge < -0.3 is 9.80 Å². The van der Waals surface area contributed by atoms with E-state index < -0.39 is 0 Å². The normalized spacial score (nSPS) is 16.6. The van der Waals surface area contributed by atoms with Crippen molar-refractivity contribution in [1.29, 1.82) is 0 Å². The molecule has 1 saturated heterocycles. The van der Waals surface area contributed by atoms with Crippen LogP contribution < -0.4 is 5.56 Å². The van der Waals surface area contributed by atoms with Gasteiger partial charge in [-0.1, -0.05) is 37.7 Å². The SMILES string of the molecule is CCCn1c(SC(C)C(=O)N2CCN(CC)CC2)nc2ccccc2c1=O. The first-order chi connectivity index (χ1) is 13.0. The average molecular weight is 389 g/mol. The number of hydrogen-bond acceptors (Lipinski definition) is 5. The molecule has 146 valence electrons. The number of aromatic nitrogens is 2. The summed E-state index contributed by atoms with van der Waals surface area (Å²) in [4.78, 5) is 34.7. The number of likely N-dealkylation sites (N-methyl/N-ethyl adjacent to an activating group) is 1. The van der Waals surface area contributed by atoms with E-state index in [2.05, 4.69) is 11.8 Å². The third-order valence-corrected chi connectivity index (χ3v) is 6.11. The van der Waals surface area contributed by atoms with Gasteiger partial charge in [0.05, 0.1) is 16.2 Å². The molecule has 2 heterocycles. The van der Waals surface area contributed by atoms with Crippen LogP contribution >= 0.6 is 11.8 Å². The molecule has 1 aromatic heterocycles. The fraction of sp³-hybridized carbons (Fsp3) is 0.550. The maximum Gasteiger partial charge on any atom is 0.262 e. The summed E-state index contributed by atoms with van der Waals surface area (Å²) in [7, 11) is 0.